The van der Waals surface area contributed by atoms with Gasteiger partial charge in [0.05, 0.1) is 18.6 Å². The molecule has 0 heterocycles. The third kappa shape index (κ3) is 4.80. The quantitative estimate of drug-likeness (QED) is 0.625. The SMILES string of the molecule is CCOC(=O)C(CC)N(C)CC(C)C#N. The molecule has 86 valence electrons. The van der Waals surface area contributed by atoms with E-state index in [-0.39, 0.29) is 17.9 Å². The number of carbonyl (C=O) groups excluding carboxylic acids is 1. The predicted molar refractivity (Wildman–Crippen MR) is 58.1 cm³/mol. The first-order valence-corrected chi connectivity index (χ1v) is 5.33. The highest BCUT2D eigenvalue weighted by molar-refractivity contribution is 5.75. The minimum atomic E-state index is -0.235. The Morgan fingerprint density at radius 1 is 1.53 bits per heavy atom. The van der Waals surface area contributed by atoms with E-state index >= 15 is 0 Å². The first-order valence-electron chi connectivity index (χ1n) is 5.33. The summed E-state index contributed by atoms with van der Waals surface area (Å²) in [5.74, 6) is -0.272. The smallest absolute Gasteiger partial charge is 0.323 e. The second kappa shape index (κ2) is 7.24. The summed E-state index contributed by atoms with van der Waals surface area (Å²) in [6.45, 7) is 6.57. The van der Waals surface area contributed by atoms with Crippen LogP contribution in [0.15, 0.2) is 0 Å². The maximum atomic E-state index is 11.5. The van der Waals surface area contributed by atoms with Gasteiger partial charge in [0.25, 0.3) is 0 Å². The highest BCUT2D eigenvalue weighted by Gasteiger charge is 2.23. The first kappa shape index (κ1) is 13.9. The van der Waals surface area contributed by atoms with E-state index in [0.29, 0.717) is 19.6 Å². The molecule has 0 amide bonds. The number of ether oxygens (including phenoxy) is 1. The van der Waals surface area contributed by atoms with Crippen LogP contribution in [0.5, 0.6) is 0 Å². The molecule has 0 aliphatic carbocycles. The molecule has 0 aliphatic rings. The number of esters is 1. The molecule has 0 aliphatic heterocycles. The molecule has 0 saturated heterocycles. The van der Waals surface area contributed by atoms with E-state index in [1.54, 1.807) is 6.92 Å². The van der Waals surface area contributed by atoms with Gasteiger partial charge in [0, 0.05) is 6.54 Å². The zero-order chi connectivity index (χ0) is 11.8. The van der Waals surface area contributed by atoms with Crippen molar-refractivity contribution in [1.82, 2.24) is 4.90 Å². The van der Waals surface area contributed by atoms with Crippen molar-refractivity contribution in [2.75, 3.05) is 20.2 Å². The lowest BCUT2D eigenvalue weighted by molar-refractivity contribution is -0.149. The molecule has 0 fully saturated rings. The molecule has 2 unspecified atom stereocenters. The second-order valence-corrected chi connectivity index (χ2v) is 3.65. The van der Waals surface area contributed by atoms with Gasteiger partial charge in [-0.2, -0.15) is 5.26 Å². The number of nitrogens with zero attached hydrogens (tertiary/aromatic N) is 2. The molecule has 0 rings (SSSR count). The van der Waals surface area contributed by atoms with E-state index in [9.17, 15) is 4.79 Å². The minimum absolute atomic E-state index is 0.0709. The summed E-state index contributed by atoms with van der Waals surface area (Å²) in [4.78, 5) is 13.4. The van der Waals surface area contributed by atoms with Gasteiger partial charge in [-0.05, 0) is 27.3 Å². The molecule has 4 heteroatoms. The molecule has 4 nitrogen and oxygen atoms in total. The topological polar surface area (TPSA) is 53.3 Å². The Morgan fingerprint density at radius 3 is 2.53 bits per heavy atom. The third-order valence-electron chi connectivity index (χ3n) is 2.26. The van der Waals surface area contributed by atoms with Crippen LogP contribution in [0.4, 0.5) is 0 Å². The molecule has 15 heavy (non-hydrogen) atoms. The van der Waals surface area contributed by atoms with Gasteiger partial charge in [-0.15, -0.1) is 0 Å². The van der Waals surface area contributed by atoms with Crippen molar-refractivity contribution in [3.8, 4) is 6.07 Å². The van der Waals surface area contributed by atoms with Crippen molar-refractivity contribution in [1.29, 1.82) is 5.26 Å². The highest BCUT2D eigenvalue weighted by atomic mass is 16.5. The average molecular weight is 212 g/mol. The van der Waals surface area contributed by atoms with Crippen LogP contribution in [0.2, 0.25) is 0 Å². The van der Waals surface area contributed by atoms with Gasteiger partial charge in [0.15, 0.2) is 0 Å². The van der Waals surface area contributed by atoms with E-state index in [2.05, 4.69) is 6.07 Å². The minimum Gasteiger partial charge on any atom is -0.465 e. The molecule has 0 N–H and O–H groups in total. The Bertz CT molecular complexity index is 235. The summed E-state index contributed by atoms with van der Waals surface area (Å²) in [6.07, 6.45) is 0.702. The molecule has 0 spiro atoms. The summed E-state index contributed by atoms with van der Waals surface area (Å²) < 4.78 is 4.97. The van der Waals surface area contributed by atoms with Gasteiger partial charge >= 0.3 is 5.97 Å². The van der Waals surface area contributed by atoms with Gasteiger partial charge in [-0.25, -0.2) is 0 Å². The average Bonchev–Trinajstić information content (AvgIpc) is 2.19. The van der Waals surface area contributed by atoms with Crippen molar-refractivity contribution >= 4 is 5.97 Å². The Hall–Kier alpha value is -1.08. The van der Waals surface area contributed by atoms with Gasteiger partial charge < -0.3 is 4.74 Å². The van der Waals surface area contributed by atoms with E-state index in [1.807, 2.05) is 25.8 Å². The Morgan fingerprint density at radius 2 is 2.13 bits per heavy atom. The Balaban J connectivity index is 4.28. The van der Waals surface area contributed by atoms with Crippen molar-refractivity contribution in [2.45, 2.75) is 33.2 Å². The van der Waals surface area contributed by atoms with Crippen molar-refractivity contribution < 1.29 is 9.53 Å². The van der Waals surface area contributed by atoms with Gasteiger partial charge in [-0.3, -0.25) is 9.69 Å². The second-order valence-electron chi connectivity index (χ2n) is 3.65. The lowest BCUT2D eigenvalue weighted by atomic mass is 10.1. The van der Waals surface area contributed by atoms with Crippen molar-refractivity contribution in [2.24, 2.45) is 5.92 Å². The van der Waals surface area contributed by atoms with Crippen LogP contribution in [0.3, 0.4) is 0 Å². The number of nitriles is 1. The zero-order valence-electron chi connectivity index (χ0n) is 9.99. The Labute approximate surface area is 91.8 Å². The maximum absolute atomic E-state index is 11.5. The Kier molecular flexibility index (Phi) is 6.72. The summed E-state index contributed by atoms with van der Waals surface area (Å²) >= 11 is 0. The van der Waals surface area contributed by atoms with E-state index in [0.717, 1.165) is 0 Å². The fourth-order valence-corrected chi connectivity index (χ4v) is 1.50. The third-order valence-corrected chi connectivity index (χ3v) is 2.26. The van der Waals surface area contributed by atoms with E-state index in [4.69, 9.17) is 10.00 Å². The van der Waals surface area contributed by atoms with Crippen LogP contribution < -0.4 is 0 Å². The number of rotatable bonds is 6. The molecule has 0 saturated carbocycles. The van der Waals surface area contributed by atoms with Gasteiger partial charge in [-0.1, -0.05) is 6.92 Å². The molecule has 0 aromatic heterocycles. The molecule has 0 aromatic carbocycles. The standard InChI is InChI=1S/C11H20N2O2/c1-5-10(11(14)15-6-2)13(4)8-9(3)7-12/h9-10H,5-6,8H2,1-4H3. The van der Waals surface area contributed by atoms with Crippen molar-refractivity contribution in [3.05, 3.63) is 0 Å². The fourth-order valence-electron chi connectivity index (χ4n) is 1.50. The van der Waals surface area contributed by atoms with E-state index in [1.165, 1.54) is 0 Å². The largest absolute Gasteiger partial charge is 0.465 e. The number of hydrogen-bond donors (Lipinski definition) is 0. The lowest BCUT2D eigenvalue weighted by Gasteiger charge is -2.25. The summed E-state index contributed by atoms with van der Waals surface area (Å²) in [6, 6.07) is 1.92. The van der Waals surface area contributed by atoms with Crippen LogP contribution in [0.1, 0.15) is 27.2 Å². The number of hydrogen-bond acceptors (Lipinski definition) is 4. The summed E-state index contributed by atoms with van der Waals surface area (Å²) in [5.41, 5.74) is 0. The zero-order valence-corrected chi connectivity index (χ0v) is 9.99. The van der Waals surface area contributed by atoms with Crippen molar-refractivity contribution in [3.63, 3.8) is 0 Å². The monoisotopic (exact) mass is 212 g/mol. The normalized spacial score (nSPS) is 14.4. The van der Waals surface area contributed by atoms with Crippen LogP contribution in [-0.4, -0.2) is 37.1 Å². The number of likely N-dealkylation sites (N-methyl/N-ethyl adjacent to an activating group) is 1. The van der Waals surface area contributed by atoms with Gasteiger partial charge in [0.1, 0.15) is 6.04 Å². The van der Waals surface area contributed by atoms with Crippen LogP contribution >= 0.6 is 0 Å². The molecular weight excluding hydrogens is 192 g/mol. The molecular formula is C11H20N2O2. The van der Waals surface area contributed by atoms with E-state index < -0.39 is 0 Å². The molecule has 0 aromatic rings. The number of carbonyl (C=O) groups is 1. The van der Waals surface area contributed by atoms with Crippen LogP contribution in [0.25, 0.3) is 0 Å². The fraction of sp³-hybridized carbons (Fsp3) is 0.818. The van der Waals surface area contributed by atoms with Crippen LogP contribution in [0, 0.1) is 17.2 Å². The maximum Gasteiger partial charge on any atom is 0.323 e. The lowest BCUT2D eigenvalue weighted by Crippen LogP contribution is -2.41. The molecule has 0 bridgehead atoms. The first-order chi connectivity index (χ1) is 7.06. The van der Waals surface area contributed by atoms with Gasteiger partial charge in [0.2, 0.25) is 0 Å². The summed E-state index contributed by atoms with van der Waals surface area (Å²) in [5, 5.41) is 8.69. The highest BCUT2D eigenvalue weighted by Crippen LogP contribution is 2.07. The summed E-state index contributed by atoms with van der Waals surface area (Å²) in [7, 11) is 1.85. The predicted octanol–water partition coefficient (Wildman–Crippen LogP) is 1.42. The molecule has 0 radical (unpaired) electrons. The van der Waals surface area contributed by atoms with Crippen LogP contribution in [-0.2, 0) is 9.53 Å². The molecule has 2 atom stereocenters.